The molecule has 1 rings (SSSR count). The van der Waals surface area contributed by atoms with E-state index in [1.807, 2.05) is 0 Å². The Kier molecular flexibility index (Phi) is 2.98. The van der Waals surface area contributed by atoms with Crippen LogP contribution in [-0.4, -0.2) is 18.6 Å². The van der Waals surface area contributed by atoms with Crippen LogP contribution in [-0.2, 0) is 0 Å². The Hall–Kier alpha value is -1.27. The average molecular weight is 208 g/mol. The Balaban J connectivity index is 3.01. The van der Waals surface area contributed by atoms with Gasteiger partial charge >= 0.3 is 6.98 Å². The van der Waals surface area contributed by atoms with E-state index in [1.165, 1.54) is 0 Å². The van der Waals surface area contributed by atoms with Crippen molar-refractivity contribution in [2.75, 3.05) is 6.61 Å². The highest BCUT2D eigenvalue weighted by atomic mass is 19.4. The van der Waals surface area contributed by atoms with Crippen LogP contribution in [0.2, 0.25) is 0 Å². The molecule has 0 saturated heterocycles. The van der Waals surface area contributed by atoms with Crippen molar-refractivity contribution in [2.45, 2.75) is 6.92 Å². The van der Waals surface area contributed by atoms with Crippen LogP contribution in [0.5, 0.6) is 5.88 Å². The van der Waals surface area contributed by atoms with E-state index in [0.717, 1.165) is 0 Å². The predicted octanol–water partition coefficient (Wildman–Crippen LogP) is 1.67. The van der Waals surface area contributed by atoms with Crippen molar-refractivity contribution in [3.05, 3.63) is 18.1 Å². The Labute approximate surface area is 78.0 Å². The maximum absolute atomic E-state index is 12.9. The summed E-state index contributed by atoms with van der Waals surface area (Å²) in [6.45, 7) is -3.47. The number of hydrogen-bond donors (Lipinski definition) is 0. The van der Waals surface area contributed by atoms with Gasteiger partial charge in [-0.15, -0.1) is 0 Å². The highest BCUT2D eigenvalue weighted by Gasteiger charge is 2.27. The first-order valence-electron chi connectivity index (χ1n) is 3.93. The smallest absolute Gasteiger partial charge is 0.476 e. The summed E-state index contributed by atoms with van der Waals surface area (Å²) in [7, 11) is 0. The molecule has 0 aliphatic carbocycles. The van der Waals surface area contributed by atoms with Gasteiger partial charge in [0.1, 0.15) is 0 Å². The van der Waals surface area contributed by atoms with Crippen molar-refractivity contribution in [1.29, 1.82) is 0 Å². The lowest BCUT2D eigenvalue weighted by Crippen LogP contribution is -2.34. The van der Waals surface area contributed by atoms with E-state index in [4.69, 9.17) is 0 Å². The molecule has 0 aromatic carbocycles. The minimum absolute atomic E-state index is 0.153. The van der Waals surface area contributed by atoms with Gasteiger partial charge in [0.2, 0.25) is 5.88 Å². The third kappa shape index (κ3) is 2.37. The zero-order valence-corrected chi connectivity index (χ0v) is 7.31. The molecule has 78 valence electrons. The lowest BCUT2D eigenvalue weighted by molar-refractivity contribution is 0.307. The number of hydrogen-bond acceptors (Lipinski definition) is 2. The van der Waals surface area contributed by atoms with Crippen LogP contribution in [0.15, 0.2) is 12.3 Å². The molecule has 0 atom stereocenters. The van der Waals surface area contributed by atoms with Gasteiger partial charge in [-0.3, -0.25) is 0 Å². The zero-order valence-electron chi connectivity index (χ0n) is 7.31. The summed E-state index contributed by atoms with van der Waals surface area (Å²) in [5, 5.41) is 0. The van der Waals surface area contributed by atoms with E-state index < -0.39 is 24.1 Å². The maximum atomic E-state index is 12.9. The third-order valence-corrected chi connectivity index (χ3v) is 1.49. The maximum Gasteiger partial charge on any atom is 0.511 e. The van der Waals surface area contributed by atoms with Crippen molar-refractivity contribution < 1.29 is 22.1 Å². The first-order chi connectivity index (χ1) is 6.45. The first-order valence-corrected chi connectivity index (χ1v) is 3.93. The number of halogens is 4. The molecule has 1 aromatic rings. The molecule has 0 saturated carbocycles. The third-order valence-electron chi connectivity index (χ3n) is 1.49. The molecule has 1 heterocycles. The minimum Gasteiger partial charge on any atom is -0.476 e. The minimum atomic E-state index is -5.21. The van der Waals surface area contributed by atoms with Crippen LogP contribution >= 0.6 is 0 Å². The topological polar surface area (TPSA) is 22.1 Å². The molecule has 0 unspecified atom stereocenters. The summed E-state index contributed by atoms with van der Waals surface area (Å²) in [5.41, 5.74) is -1.06. The molecule has 2 nitrogen and oxygen atoms in total. The number of pyridine rings is 1. The summed E-state index contributed by atoms with van der Waals surface area (Å²) >= 11 is 0. The number of aromatic nitrogens is 1. The average Bonchev–Trinajstić information content (AvgIpc) is 2.07. The number of rotatable bonds is 3. The van der Waals surface area contributed by atoms with Crippen LogP contribution in [0.1, 0.15) is 6.92 Å². The summed E-state index contributed by atoms with van der Waals surface area (Å²) < 4.78 is 53.8. The summed E-state index contributed by atoms with van der Waals surface area (Å²) in [4.78, 5) is 3.23. The Morgan fingerprint density at radius 1 is 1.43 bits per heavy atom. The first kappa shape index (κ1) is 10.8. The molecule has 0 N–H and O–H groups in total. The van der Waals surface area contributed by atoms with Gasteiger partial charge in [-0.05, 0) is 13.0 Å². The van der Waals surface area contributed by atoms with E-state index >= 15 is 0 Å². The van der Waals surface area contributed by atoms with Crippen molar-refractivity contribution >= 4 is 12.4 Å². The summed E-state index contributed by atoms with van der Waals surface area (Å²) in [5.74, 6) is -1.50. The molecule has 14 heavy (non-hydrogen) atoms. The molecular weight excluding hydrogens is 201 g/mol. The van der Waals surface area contributed by atoms with Gasteiger partial charge in [-0.1, -0.05) is 5.46 Å². The SMILES string of the molecule is CCOc1ncc([B-](F)(F)F)cc1F. The lowest BCUT2D eigenvalue weighted by Gasteiger charge is -2.14. The fourth-order valence-electron chi connectivity index (χ4n) is 0.862. The fraction of sp³-hybridized carbons (Fsp3) is 0.286. The van der Waals surface area contributed by atoms with Gasteiger partial charge < -0.3 is 17.7 Å². The Morgan fingerprint density at radius 3 is 2.50 bits per heavy atom. The Morgan fingerprint density at radius 2 is 2.07 bits per heavy atom. The molecule has 0 aliphatic rings. The molecule has 0 bridgehead atoms. The van der Waals surface area contributed by atoms with Crippen LogP contribution in [0, 0.1) is 5.82 Å². The van der Waals surface area contributed by atoms with Gasteiger partial charge in [0, 0.05) is 6.20 Å². The molecule has 0 fully saturated rings. The van der Waals surface area contributed by atoms with Crippen molar-refractivity contribution in [1.82, 2.24) is 4.98 Å². The second-order valence-electron chi connectivity index (χ2n) is 2.56. The van der Waals surface area contributed by atoms with E-state index in [1.54, 1.807) is 6.92 Å². The highest BCUT2D eigenvalue weighted by molar-refractivity contribution is 6.73. The highest BCUT2D eigenvalue weighted by Crippen LogP contribution is 2.14. The van der Waals surface area contributed by atoms with E-state index in [0.29, 0.717) is 12.3 Å². The molecule has 1 aromatic heterocycles. The summed E-state index contributed by atoms with van der Waals surface area (Å²) in [6, 6.07) is 0.387. The molecular formula is C7H7BF4NO-. The van der Waals surface area contributed by atoms with Gasteiger partial charge in [0.25, 0.3) is 0 Å². The van der Waals surface area contributed by atoms with Crippen LogP contribution in [0.3, 0.4) is 0 Å². The van der Waals surface area contributed by atoms with Crippen molar-refractivity contribution in [2.24, 2.45) is 0 Å². The monoisotopic (exact) mass is 208 g/mol. The van der Waals surface area contributed by atoms with Crippen LogP contribution < -0.4 is 10.2 Å². The fourth-order valence-corrected chi connectivity index (χ4v) is 0.862. The normalized spacial score (nSPS) is 11.5. The van der Waals surface area contributed by atoms with Gasteiger partial charge in [0.05, 0.1) is 6.61 Å². The van der Waals surface area contributed by atoms with E-state index in [-0.39, 0.29) is 6.61 Å². The van der Waals surface area contributed by atoms with Crippen LogP contribution in [0.4, 0.5) is 17.3 Å². The zero-order chi connectivity index (χ0) is 10.8. The van der Waals surface area contributed by atoms with Gasteiger partial charge in [0.15, 0.2) is 5.82 Å². The lowest BCUT2D eigenvalue weighted by atomic mass is 9.81. The second-order valence-corrected chi connectivity index (χ2v) is 2.56. The second kappa shape index (κ2) is 3.85. The Bertz CT molecular complexity index is 328. The number of ether oxygens (including phenoxy) is 1. The molecule has 0 amide bonds. The van der Waals surface area contributed by atoms with Crippen molar-refractivity contribution in [3.63, 3.8) is 0 Å². The standard InChI is InChI=1S/C7H7BF4NO/c1-2-14-7-6(9)3-5(4-13-7)8(10,11)12/h3-4H,2H2,1H3/q-1. The predicted molar refractivity (Wildman–Crippen MR) is 44.1 cm³/mol. The molecule has 0 radical (unpaired) electrons. The quantitative estimate of drug-likeness (QED) is 0.556. The molecule has 0 spiro atoms. The van der Waals surface area contributed by atoms with Crippen molar-refractivity contribution in [3.8, 4) is 5.88 Å². The van der Waals surface area contributed by atoms with Crippen LogP contribution in [0.25, 0.3) is 0 Å². The van der Waals surface area contributed by atoms with E-state index in [2.05, 4.69) is 9.72 Å². The largest absolute Gasteiger partial charge is 0.511 e. The molecule has 7 heteroatoms. The summed E-state index contributed by atoms with van der Waals surface area (Å²) in [6.07, 6.45) is 0.564. The van der Waals surface area contributed by atoms with Gasteiger partial charge in [-0.2, -0.15) is 0 Å². The molecule has 0 aliphatic heterocycles. The van der Waals surface area contributed by atoms with Gasteiger partial charge in [-0.25, -0.2) is 9.37 Å². The number of nitrogens with zero attached hydrogens (tertiary/aromatic N) is 1. The van der Waals surface area contributed by atoms with E-state index in [9.17, 15) is 17.3 Å².